The van der Waals surface area contributed by atoms with Crippen molar-refractivity contribution < 1.29 is 0 Å². The van der Waals surface area contributed by atoms with Crippen LogP contribution in [-0.2, 0) is 0 Å². The van der Waals surface area contributed by atoms with Gasteiger partial charge in [0.25, 0.3) is 0 Å². The summed E-state index contributed by atoms with van der Waals surface area (Å²) >= 11 is 0. The number of hydrogen-bond acceptors (Lipinski definition) is 4. The molecular weight excluding hydrogens is 260 g/mol. The molecule has 4 N–H and O–H groups in total. The van der Waals surface area contributed by atoms with Crippen LogP contribution < -0.4 is 21.3 Å². The quantitative estimate of drug-likeness (QED) is 0.258. The average molecular weight is 297 g/mol. The summed E-state index contributed by atoms with van der Waals surface area (Å²) in [6.07, 6.45) is 6.37. The lowest BCUT2D eigenvalue weighted by Crippen LogP contribution is -2.20. The minimum Gasteiger partial charge on any atom is -0.317 e. The minimum atomic E-state index is 1.09. The molecule has 4 heteroatoms. The van der Waals surface area contributed by atoms with Crippen molar-refractivity contribution in [1.82, 2.24) is 21.3 Å². The number of nitrogens with one attached hydrogen (secondary N) is 4. The normalized spacial score (nSPS) is 14.0. The van der Waals surface area contributed by atoms with E-state index in [1.165, 1.54) is 32.1 Å². The van der Waals surface area contributed by atoms with Crippen LogP contribution in [0.4, 0.5) is 0 Å². The van der Waals surface area contributed by atoms with Crippen molar-refractivity contribution in [1.29, 1.82) is 0 Å². The van der Waals surface area contributed by atoms with E-state index in [0.717, 1.165) is 52.4 Å². The van der Waals surface area contributed by atoms with E-state index in [1.54, 1.807) is 11.1 Å². The molecule has 21 heavy (non-hydrogen) atoms. The average Bonchev–Trinajstić information content (AvgIpc) is 3.24. The van der Waals surface area contributed by atoms with Crippen molar-refractivity contribution in [2.24, 2.45) is 0 Å². The van der Waals surface area contributed by atoms with Gasteiger partial charge in [-0.3, -0.25) is 0 Å². The lowest BCUT2D eigenvalue weighted by molar-refractivity contribution is 0.605. The van der Waals surface area contributed by atoms with E-state index in [2.05, 4.69) is 35.1 Å². The van der Waals surface area contributed by atoms with Gasteiger partial charge < -0.3 is 21.3 Å². The van der Waals surface area contributed by atoms with Crippen molar-refractivity contribution >= 4 is 0 Å². The molecule has 1 aliphatic carbocycles. The molecule has 0 aromatic heterocycles. The molecule has 0 bridgehead atoms. The molecule has 0 saturated carbocycles. The van der Waals surface area contributed by atoms with Crippen LogP contribution in [0.25, 0.3) is 0 Å². The summed E-state index contributed by atoms with van der Waals surface area (Å²) in [5.74, 6) is 0. The molecule has 0 heterocycles. The Morgan fingerprint density at radius 2 is 1.00 bits per heavy atom. The minimum absolute atomic E-state index is 1.09. The van der Waals surface area contributed by atoms with E-state index in [1.807, 2.05) is 0 Å². The van der Waals surface area contributed by atoms with Crippen LogP contribution in [0.2, 0.25) is 0 Å². The first-order valence-electron chi connectivity index (χ1n) is 8.91. The predicted octanol–water partition coefficient (Wildman–Crippen LogP) is 1.65. The molecule has 0 radical (unpaired) electrons. The van der Waals surface area contributed by atoms with Gasteiger partial charge in [0.1, 0.15) is 0 Å². The molecule has 124 valence electrons. The molecule has 4 nitrogen and oxygen atoms in total. The highest BCUT2D eigenvalue weighted by atomic mass is 14.9. The lowest BCUT2D eigenvalue weighted by atomic mass is 10.3. The zero-order chi connectivity index (χ0) is 15.2. The largest absolute Gasteiger partial charge is 0.317 e. The maximum atomic E-state index is 3.56. The van der Waals surface area contributed by atoms with E-state index >= 15 is 0 Å². The topological polar surface area (TPSA) is 48.1 Å². The first-order chi connectivity index (χ1) is 10.4. The van der Waals surface area contributed by atoms with Crippen molar-refractivity contribution in [3.63, 3.8) is 0 Å². The highest BCUT2D eigenvalue weighted by Crippen LogP contribution is 2.28. The second kappa shape index (κ2) is 13.3. The van der Waals surface area contributed by atoms with Crippen LogP contribution in [0.1, 0.15) is 46.0 Å². The van der Waals surface area contributed by atoms with Gasteiger partial charge in [-0.25, -0.2) is 0 Å². The standard InChI is InChI=1S/C17H36N4/c1-3-18-9-5-7-11-20-14-16-13-17(16)15-21-12-8-6-10-19-4-2/h18-21H,3-15H2,1-2H3. The van der Waals surface area contributed by atoms with Gasteiger partial charge in [-0.1, -0.05) is 25.0 Å². The number of unbranched alkanes of at least 4 members (excludes halogenated alkanes) is 2. The Balaban J connectivity index is 1.81. The first-order valence-corrected chi connectivity index (χ1v) is 8.91. The van der Waals surface area contributed by atoms with E-state index in [9.17, 15) is 0 Å². The molecule has 0 aliphatic heterocycles. The number of hydrogen-bond donors (Lipinski definition) is 4. The van der Waals surface area contributed by atoms with Gasteiger partial charge in [0.15, 0.2) is 0 Å². The molecule has 0 spiro atoms. The van der Waals surface area contributed by atoms with Gasteiger partial charge in [0.05, 0.1) is 0 Å². The molecule has 0 unspecified atom stereocenters. The number of rotatable bonds is 16. The molecule has 0 aromatic carbocycles. The summed E-state index contributed by atoms with van der Waals surface area (Å²) in [6, 6.07) is 0. The summed E-state index contributed by atoms with van der Waals surface area (Å²) in [5, 5.41) is 13.8. The highest BCUT2D eigenvalue weighted by Gasteiger charge is 2.19. The SMILES string of the molecule is CCNCCCCNCC1=C(CNCCCCNCC)C1. The maximum Gasteiger partial charge on any atom is 0.0171 e. The molecule has 0 amide bonds. The fourth-order valence-corrected chi connectivity index (χ4v) is 2.42. The maximum absolute atomic E-state index is 3.56. The van der Waals surface area contributed by atoms with Gasteiger partial charge in [0, 0.05) is 13.1 Å². The zero-order valence-corrected chi connectivity index (χ0v) is 14.2. The Morgan fingerprint density at radius 3 is 1.38 bits per heavy atom. The van der Waals surface area contributed by atoms with Crippen molar-refractivity contribution in [2.45, 2.75) is 46.0 Å². The van der Waals surface area contributed by atoms with Crippen LogP contribution in [0.15, 0.2) is 11.1 Å². The Morgan fingerprint density at radius 1 is 0.619 bits per heavy atom. The fourth-order valence-electron chi connectivity index (χ4n) is 2.42. The summed E-state index contributed by atoms with van der Waals surface area (Å²) in [4.78, 5) is 0. The summed E-state index contributed by atoms with van der Waals surface area (Å²) < 4.78 is 0. The summed E-state index contributed by atoms with van der Waals surface area (Å²) in [7, 11) is 0. The third kappa shape index (κ3) is 10.9. The van der Waals surface area contributed by atoms with Gasteiger partial charge in [-0.05, 0) is 71.4 Å². The third-order valence-electron chi connectivity index (χ3n) is 3.89. The van der Waals surface area contributed by atoms with Gasteiger partial charge in [0.2, 0.25) is 0 Å². The molecular formula is C17H36N4. The smallest absolute Gasteiger partial charge is 0.0171 e. The van der Waals surface area contributed by atoms with E-state index in [-0.39, 0.29) is 0 Å². The van der Waals surface area contributed by atoms with Crippen molar-refractivity contribution in [3.8, 4) is 0 Å². The van der Waals surface area contributed by atoms with Gasteiger partial charge in [-0.15, -0.1) is 0 Å². The van der Waals surface area contributed by atoms with Crippen LogP contribution in [0, 0.1) is 0 Å². The molecule has 0 saturated heterocycles. The van der Waals surface area contributed by atoms with Crippen LogP contribution >= 0.6 is 0 Å². The Kier molecular flexibility index (Phi) is 11.8. The molecule has 0 fully saturated rings. The van der Waals surface area contributed by atoms with Crippen molar-refractivity contribution in [2.75, 3.05) is 52.4 Å². The second-order valence-electron chi connectivity index (χ2n) is 5.86. The summed E-state index contributed by atoms with van der Waals surface area (Å²) in [5.41, 5.74) is 3.28. The van der Waals surface area contributed by atoms with Gasteiger partial charge in [-0.2, -0.15) is 0 Å². The van der Waals surface area contributed by atoms with Crippen LogP contribution in [-0.4, -0.2) is 52.4 Å². The lowest BCUT2D eigenvalue weighted by Gasteiger charge is -2.03. The van der Waals surface area contributed by atoms with Crippen molar-refractivity contribution in [3.05, 3.63) is 11.1 Å². The Bertz CT molecular complexity index is 250. The van der Waals surface area contributed by atoms with Crippen LogP contribution in [0.5, 0.6) is 0 Å². The fraction of sp³-hybridized carbons (Fsp3) is 0.882. The van der Waals surface area contributed by atoms with E-state index in [0.29, 0.717) is 0 Å². The van der Waals surface area contributed by atoms with Gasteiger partial charge >= 0.3 is 0 Å². The second-order valence-corrected chi connectivity index (χ2v) is 5.86. The molecule has 1 aliphatic rings. The molecule has 0 aromatic rings. The predicted molar refractivity (Wildman–Crippen MR) is 92.9 cm³/mol. The Hall–Kier alpha value is -0.420. The van der Waals surface area contributed by atoms with E-state index < -0.39 is 0 Å². The molecule has 1 rings (SSSR count). The van der Waals surface area contributed by atoms with Crippen LogP contribution in [0.3, 0.4) is 0 Å². The first kappa shape index (κ1) is 18.6. The zero-order valence-electron chi connectivity index (χ0n) is 14.2. The van der Waals surface area contributed by atoms with E-state index in [4.69, 9.17) is 0 Å². The monoisotopic (exact) mass is 296 g/mol. The summed E-state index contributed by atoms with van der Waals surface area (Å²) in [6.45, 7) is 13.3. The Labute approximate surface area is 131 Å². The third-order valence-corrected chi connectivity index (χ3v) is 3.89. The molecule has 0 atom stereocenters. The highest BCUT2D eigenvalue weighted by molar-refractivity contribution is 5.37.